The van der Waals surface area contributed by atoms with Crippen LogP contribution in [0.5, 0.6) is 0 Å². The Balaban J connectivity index is 1.34. The first-order valence-electron chi connectivity index (χ1n) is 9.31. The number of hydrogen-bond acceptors (Lipinski definition) is 4. The fourth-order valence-corrected chi connectivity index (χ4v) is 3.67. The third-order valence-corrected chi connectivity index (χ3v) is 5.00. The van der Waals surface area contributed by atoms with Gasteiger partial charge in [0.05, 0.1) is 11.9 Å². The van der Waals surface area contributed by atoms with Crippen LogP contribution in [0.4, 0.5) is 0 Å². The van der Waals surface area contributed by atoms with Gasteiger partial charge in [-0.1, -0.05) is 30.3 Å². The molecule has 1 saturated heterocycles. The first-order chi connectivity index (χ1) is 12.9. The standard InChI is InChI=1S/C21H25N5/c1-2-6-17(7-3-1)15-26-11-5-9-20(16-26)23-13-19-14-24-25-21(19)18-8-4-10-22-12-18/h1-4,6-8,10,12,14,20,23H,5,9,11,13,15-16H2,(H,24,25)/t20-/m1/s1. The molecule has 0 spiro atoms. The molecule has 1 fully saturated rings. The van der Waals surface area contributed by atoms with Crippen LogP contribution in [-0.2, 0) is 13.1 Å². The van der Waals surface area contributed by atoms with Crippen molar-refractivity contribution in [2.24, 2.45) is 0 Å². The van der Waals surface area contributed by atoms with E-state index in [9.17, 15) is 0 Å². The van der Waals surface area contributed by atoms with Gasteiger partial charge in [0.2, 0.25) is 0 Å². The first-order valence-corrected chi connectivity index (χ1v) is 9.31. The fraction of sp³-hybridized carbons (Fsp3) is 0.333. The van der Waals surface area contributed by atoms with E-state index in [4.69, 9.17) is 0 Å². The van der Waals surface area contributed by atoms with Crippen molar-refractivity contribution in [1.29, 1.82) is 0 Å². The van der Waals surface area contributed by atoms with Crippen LogP contribution in [0.1, 0.15) is 24.0 Å². The molecule has 5 heteroatoms. The molecule has 0 aliphatic carbocycles. The highest BCUT2D eigenvalue weighted by atomic mass is 15.2. The summed E-state index contributed by atoms with van der Waals surface area (Å²) >= 11 is 0. The molecule has 134 valence electrons. The topological polar surface area (TPSA) is 56.8 Å². The number of pyridine rings is 1. The molecule has 0 radical (unpaired) electrons. The van der Waals surface area contributed by atoms with Gasteiger partial charge in [0.15, 0.2) is 0 Å². The van der Waals surface area contributed by atoms with Crippen LogP contribution in [0, 0.1) is 0 Å². The second-order valence-electron chi connectivity index (χ2n) is 6.95. The second kappa shape index (κ2) is 8.25. The SMILES string of the molecule is c1ccc(CN2CCC[C@@H](NCc3cn[nH]c3-c3cccnc3)C2)cc1. The highest BCUT2D eigenvalue weighted by Crippen LogP contribution is 2.20. The zero-order valence-corrected chi connectivity index (χ0v) is 14.9. The van der Waals surface area contributed by atoms with Gasteiger partial charge in [-0.2, -0.15) is 5.10 Å². The molecule has 3 aromatic rings. The van der Waals surface area contributed by atoms with Crippen LogP contribution in [0.25, 0.3) is 11.3 Å². The highest BCUT2D eigenvalue weighted by molar-refractivity contribution is 5.61. The van der Waals surface area contributed by atoms with Crippen molar-refractivity contribution in [3.8, 4) is 11.3 Å². The van der Waals surface area contributed by atoms with Crippen LogP contribution in [0.15, 0.2) is 61.1 Å². The van der Waals surface area contributed by atoms with Crippen molar-refractivity contribution < 1.29 is 0 Å². The average Bonchev–Trinajstić information content (AvgIpc) is 3.17. The number of H-pyrrole nitrogens is 1. The minimum atomic E-state index is 0.518. The van der Waals surface area contributed by atoms with E-state index < -0.39 is 0 Å². The molecule has 1 aromatic carbocycles. The van der Waals surface area contributed by atoms with Crippen molar-refractivity contribution in [3.63, 3.8) is 0 Å². The van der Waals surface area contributed by atoms with Crippen LogP contribution in [-0.4, -0.2) is 39.2 Å². The minimum absolute atomic E-state index is 0.518. The number of likely N-dealkylation sites (tertiary alicyclic amines) is 1. The molecule has 0 unspecified atom stereocenters. The molecule has 1 atom stereocenters. The molecule has 4 rings (SSSR count). The normalized spacial score (nSPS) is 18.1. The lowest BCUT2D eigenvalue weighted by atomic mass is 10.0. The van der Waals surface area contributed by atoms with Crippen molar-refractivity contribution in [1.82, 2.24) is 25.4 Å². The monoisotopic (exact) mass is 347 g/mol. The van der Waals surface area contributed by atoms with Crippen LogP contribution in [0.2, 0.25) is 0 Å². The summed E-state index contributed by atoms with van der Waals surface area (Å²) < 4.78 is 0. The van der Waals surface area contributed by atoms with Gasteiger partial charge in [0.25, 0.3) is 0 Å². The molecule has 26 heavy (non-hydrogen) atoms. The van der Waals surface area contributed by atoms with Crippen LogP contribution in [0.3, 0.4) is 0 Å². The zero-order valence-electron chi connectivity index (χ0n) is 14.9. The van der Waals surface area contributed by atoms with Crippen LogP contribution >= 0.6 is 0 Å². The summed E-state index contributed by atoms with van der Waals surface area (Å²) in [5.41, 5.74) is 4.72. The Labute approximate surface area is 154 Å². The van der Waals surface area contributed by atoms with Gasteiger partial charge in [0.1, 0.15) is 0 Å². The maximum absolute atomic E-state index is 4.23. The number of hydrogen-bond donors (Lipinski definition) is 2. The third-order valence-electron chi connectivity index (χ3n) is 5.00. The Hall–Kier alpha value is -2.50. The Morgan fingerprint density at radius 1 is 1.12 bits per heavy atom. The highest BCUT2D eigenvalue weighted by Gasteiger charge is 2.20. The van der Waals surface area contributed by atoms with Gasteiger partial charge < -0.3 is 5.32 Å². The number of piperidine rings is 1. The maximum Gasteiger partial charge on any atom is 0.0710 e. The first kappa shape index (κ1) is 16.9. The molecule has 0 amide bonds. The van der Waals surface area contributed by atoms with Gasteiger partial charge in [-0.25, -0.2) is 0 Å². The lowest BCUT2D eigenvalue weighted by molar-refractivity contribution is 0.183. The lowest BCUT2D eigenvalue weighted by Crippen LogP contribution is -2.45. The summed E-state index contributed by atoms with van der Waals surface area (Å²) in [6.07, 6.45) is 8.05. The van der Waals surface area contributed by atoms with E-state index in [1.165, 1.54) is 30.5 Å². The number of benzene rings is 1. The van der Waals surface area contributed by atoms with E-state index in [2.05, 4.69) is 61.8 Å². The van der Waals surface area contributed by atoms with Crippen molar-refractivity contribution in [2.75, 3.05) is 13.1 Å². The van der Waals surface area contributed by atoms with Crippen molar-refractivity contribution in [2.45, 2.75) is 32.0 Å². The van der Waals surface area contributed by atoms with Gasteiger partial charge >= 0.3 is 0 Å². The number of rotatable bonds is 6. The number of nitrogens with zero attached hydrogens (tertiary/aromatic N) is 3. The number of aromatic amines is 1. The van der Waals surface area contributed by atoms with Crippen molar-refractivity contribution >= 4 is 0 Å². The minimum Gasteiger partial charge on any atom is -0.309 e. The average molecular weight is 347 g/mol. The number of nitrogens with one attached hydrogen (secondary N) is 2. The lowest BCUT2D eigenvalue weighted by Gasteiger charge is -2.33. The van der Waals surface area contributed by atoms with Crippen LogP contribution < -0.4 is 5.32 Å². The molecule has 1 aliphatic heterocycles. The molecule has 0 bridgehead atoms. The summed E-state index contributed by atoms with van der Waals surface area (Å²) in [5.74, 6) is 0. The third kappa shape index (κ3) is 4.18. The van der Waals surface area contributed by atoms with Gasteiger partial charge in [-0.3, -0.25) is 15.0 Å². The van der Waals surface area contributed by atoms with E-state index in [-0.39, 0.29) is 0 Å². The summed E-state index contributed by atoms with van der Waals surface area (Å²) in [4.78, 5) is 6.76. The van der Waals surface area contributed by atoms with Gasteiger partial charge in [0, 0.05) is 49.2 Å². The van der Waals surface area contributed by atoms with Crippen molar-refractivity contribution in [3.05, 3.63) is 72.2 Å². The molecular formula is C21H25N5. The fourth-order valence-electron chi connectivity index (χ4n) is 3.67. The summed E-state index contributed by atoms with van der Waals surface area (Å²) in [7, 11) is 0. The summed E-state index contributed by atoms with van der Waals surface area (Å²) in [6.45, 7) is 4.13. The smallest absolute Gasteiger partial charge is 0.0710 e. The largest absolute Gasteiger partial charge is 0.309 e. The Morgan fingerprint density at radius 3 is 2.88 bits per heavy atom. The van der Waals surface area contributed by atoms with E-state index in [1.807, 2.05) is 18.5 Å². The second-order valence-corrected chi connectivity index (χ2v) is 6.95. The number of aromatic nitrogens is 3. The van der Waals surface area contributed by atoms with E-state index >= 15 is 0 Å². The Kier molecular flexibility index (Phi) is 5.38. The molecule has 2 N–H and O–H groups in total. The van der Waals surface area contributed by atoms with Gasteiger partial charge in [-0.05, 0) is 37.1 Å². The molecule has 3 heterocycles. The summed E-state index contributed by atoms with van der Waals surface area (Å²) in [5, 5.41) is 11.1. The predicted molar refractivity (Wildman–Crippen MR) is 103 cm³/mol. The Morgan fingerprint density at radius 2 is 2.04 bits per heavy atom. The molecule has 5 nitrogen and oxygen atoms in total. The quantitative estimate of drug-likeness (QED) is 0.719. The molecular weight excluding hydrogens is 322 g/mol. The summed E-state index contributed by atoms with van der Waals surface area (Å²) in [6, 6.07) is 15.3. The zero-order chi connectivity index (χ0) is 17.6. The van der Waals surface area contributed by atoms with E-state index in [1.54, 1.807) is 6.20 Å². The molecule has 2 aromatic heterocycles. The maximum atomic E-state index is 4.23. The predicted octanol–water partition coefficient (Wildman–Crippen LogP) is 3.23. The van der Waals surface area contributed by atoms with Gasteiger partial charge in [-0.15, -0.1) is 0 Å². The molecule has 0 saturated carbocycles. The van der Waals surface area contributed by atoms with E-state index in [0.717, 1.165) is 30.9 Å². The Bertz CT molecular complexity index is 800. The van der Waals surface area contributed by atoms with E-state index in [0.29, 0.717) is 6.04 Å². The molecule has 1 aliphatic rings.